The van der Waals surface area contributed by atoms with Crippen molar-refractivity contribution in [3.63, 3.8) is 0 Å². The van der Waals surface area contributed by atoms with Crippen molar-refractivity contribution < 1.29 is 33.3 Å². The maximum Gasteiger partial charge on any atom is 0.341 e. The van der Waals surface area contributed by atoms with E-state index < -0.39 is 5.97 Å². The molecule has 8 heteroatoms. The summed E-state index contributed by atoms with van der Waals surface area (Å²) in [5, 5.41) is -0.104. The zero-order valence-corrected chi connectivity index (χ0v) is 24.7. The smallest absolute Gasteiger partial charge is 0.341 e. The molecule has 42 heavy (non-hydrogen) atoms. The van der Waals surface area contributed by atoms with Crippen LogP contribution < -0.4 is 9.47 Å². The molecule has 0 radical (unpaired) electrons. The third kappa shape index (κ3) is 7.78. The summed E-state index contributed by atoms with van der Waals surface area (Å²) in [6, 6.07) is 18.8. The second-order valence-electron chi connectivity index (χ2n) is 9.88. The standard InChI is InChI=1S/C34H34O7S/c1-5-39-32(35)9-7-6-8-18-40-26-14-16-28-29-17-15-27(20-31(29)23(3)30(28)19-26)42-34(37)24-10-12-25(13-11-24)41-33(36)22(2)21-38-4/h5,10-17,19-20,23H,1-2,6-9,18,21H2,3-4H3. The predicted octanol–water partition coefficient (Wildman–Crippen LogP) is 7.49. The minimum Gasteiger partial charge on any atom is -0.494 e. The molecule has 0 saturated heterocycles. The van der Waals surface area contributed by atoms with Gasteiger partial charge in [0.2, 0.25) is 5.12 Å². The van der Waals surface area contributed by atoms with Crippen molar-refractivity contribution >= 4 is 28.8 Å². The number of benzene rings is 3. The second-order valence-corrected chi connectivity index (χ2v) is 10.9. The molecule has 7 nitrogen and oxygen atoms in total. The van der Waals surface area contributed by atoms with E-state index >= 15 is 0 Å². The molecular weight excluding hydrogens is 552 g/mol. The first-order chi connectivity index (χ1) is 20.3. The van der Waals surface area contributed by atoms with Crippen molar-refractivity contribution in [2.24, 2.45) is 0 Å². The molecule has 0 heterocycles. The molecule has 0 aromatic heterocycles. The molecule has 3 aromatic carbocycles. The molecule has 3 aromatic rings. The molecule has 0 saturated carbocycles. The Kier molecular flexibility index (Phi) is 10.8. The summed E-state index contributed by atoms with van der Waals surface area (Å²) < 4.78 is 20.9. The van der Waals surface area contributed by atoms with Gasteiger partial charge in [0.25, 0.3) is 0 Å². The average Bonchev–Trinajstić information content (AvgIpc) is 3.26. The molecule has 218 valence electrons. The van der Waals surface area contributed by atoms with E-state index in [2.05, 4.69) is 44.3 Å². The van der Waals surface area contributed by atoms with E-state index in [4.69, 9.17) is 18.9 Å². The number of ether oxygens (including phenoxy) is 4. The quantitative estimate of drug-likeness (QED) is 0.0480. The van der Waals surface area contributed by atoms with Crippen LogP contribution in [0.1, 0.15) is 60.0 Å². The fourth-order valence-corrected chi connectivity index (χ4v) is 5.53. The Bertz CT molecular complexity index is 1480. The number of fused-ring (bicyclic) bond motifs is 3. The minimum atomic E-state index is -0.572. The van der Waals surface area contributed by atoms with Crippen LogP contribution in [0.5, 0.6) is 11.5 Å². The van der Waals surface area contributed by atoms with Crippen molar-refractivity contribution in [2.75, 3.05) is 20.3 Å². The van der Waals surface area contributed by atoms with Gasteiger partial charge in [-0.25, -0.2) is 4.79 Å². The third-order valence-corrected chi connectivity index (χ3v) is 7.81. The first-order valence-corrected chi connectivity index (χ1v) is 14.5. The Morgan fingerprint density at radius 3 is 2.31 bits per heavy atom. The number of carbonyl (C=O) groups is 3. The van der Waals surface area contributed by atoms with E-state index in [0.29, 0.717) is 24.3 Å². The first-order valence-electron chi connectivity index (χ1n) is 13.7. The zero-order chi connectivity index (χ0) is 30.1. The first kappa shape index (κ1) is 30.8. The van der Waals surface area contributed by atoms with Gasteiger partial charge in [0.15, 0.2) is 0 Å². The number of methoxy groups -OCH3 is 1. The van der Waals surface area contributed by atoms with Crippen LogP contribution in [0.2, 0.25) is 0 Å². The number of hydrogen-bond donors (Lipinski definition) is 0. The summed E-state index contributed by atoms with van der Waals surface area (Å²) in [5.74, 6) is 0.478. The Morgan fingerprint density at radius 2 is 1.60 bits per heavy atom. The monoisotopic (exact) mass is 586 g/mol. The van der Waals surface area contributed by atoms with E-state index in [1.807, 2.05) is 12.1 Å². The Labute approximate surface area is 250 Å². The highest BCUT2D eigenvalue weighted by Gasteiger charge is 2.26. The molecule has 0 aliphatic heterocycles. The van der Waals surface area contributed by atoms with Crippen LogP contribution in [-0.2, 0) is 19.1 Å². The van der Waals surface area contributed by atoms with Gasteiger partial charge in [-0.3, -0.25) is 9.59 Å². The largest absolute Gasteiger partial charge is 0.494 e. The predicted molar refractivity (Wildman–Crippen MR) is 163 cm³/mol. The highest BCUT2D eigenvalue weighted by molar-refractivity contribution is 8.14. The lowest BCUT2D eigenvalue weighted by Gasteiger charge is -2.11. The number of carbonyl (C=O) groups excluding carboxylic acids is 3. The fourth-order valence-electron chi connectivity index (χ4n) is 4.74. The van der Waals surface area contributed by atoms with Crippen molar-refractivity contribution in [2.45, 2.75) is 43.4 Å². The topological polar surface area (TPSA) is 88.1 Å². The number of unbranched alkanes of at least 4 members (excludes halogenated alkanes) is 2. The van der Waals surface area contributed by atoms with Gasteiger partial charge in [0.05, 0.1) is 25.0 Å². The Balaban J connectivity index is 1.32. The van der Waals surface area contributed by atoms with Crippen LogP contribution in [0.4, 0.5) is 0 Å². The van der Waals surface area contributed by atoms with E-state index in [9.17, 15) is 14.4 Å². The summed E-state index contributed by atoms with van der Waals surface area (Å²) in [6.45, 7) is 9.84. The molecule has 0 amide bonds. The summed E-state index contributed by atoms with van der Waals surface area (Å²) in [5.41, 5.74) is 5.42. The van der Waals surface area contributed by atoms with E-state index in [1.165, 1.54) is 23.8 Å². The van der Waals surface area contributed by atoms with Gasteiger partial charge in [-0.2, -0.15) is 0 Å². The highest BCUT2D eigenvalue weighted by atomic mass is 32.2. The van der Waals surface area contributed by atoms with Crippen molar-refractivity contribution in [1.82, 2.24) is 0 Å². The highest BCUT2D eigenvalue weighted by Crippen LogP contribution is 2.47. The van der Waals surface area contributed by atoms with Gasteiger partial charge in [-0.05, 0) is 102 Å². The van der Waals surface area contributed by atoms with Crippen molar-refractivity contribution in [3.8, 4) is 22.6 Å². The molecule has 1 aliphatic carbocycles. The number of esters is 2. The molecule has 0 spiro atoms. The maximum atomic E-state index is 13.0. The van der Waals surface area contributed by atoms with Gasteiger partial charge in [0, 0.05) is 29.9 Å². The van der Waals surface area contributed by atoms with Gasteiger partial charge in [-0.1, -0.05) is 32.2 Å². The summed E-state index contributed by atoms with van der Waals surface area (Å²) in [7, 11) is 1.48. The number of hydrogen-bond acceptors (Lipinski definition) is 8. The van der Waals surface area contributed by atoms with Crippen LogP contribution in [-0.4, -0.2) is 37.4 Å². The molecule has 1 unspecified atom stereocenters. The van der Waals surface area contributed by atoms with Crippen LogP contribution in [0, 0.1) is 0 Å². The normalized spacial score (nSPS) is 13.0. The molecule has 1 atom stereocenters. The molecule has 0 N–H and O–H groups in total. The van der Waals surface area contributed by atoms with E-state index in [1.54, 1.807) is 24.3 Å². The second kappa shape index (κ2) is 14.7. The van der Waals surface area contributed by atoms with Crippen LogP contribution in [0.25, 0.3) is 11.1 Å². The fraction of sp³-hybridized carbons (Fsp3) is 0.265. The number of thioether (sulfide) groups is 1. The lowest BCUT2D eigenvalue weighted by Crippen LogP contribution is -2.13. The number of rotatable bonds is 14. The van der Waals surface area contributed by atoms with Gasteiger partial charge < -0.3 is 18.9 Å². The average molecular weight is 587 g/mol. The van der Waals surface area contributed by atoms with Gasteiger partial charge >= 0.3 is 11.9 Å². The zero-order valence-electron chi connectivity index (χ0n) is 23.9. The van der Waals surface area contributed by atoms with Crippen molar-refractivity contribution in [3.05, 3.63) is 102 Å². The lowest BCUT2D eigenvalue weighted by molar-refractivity contribution is -0.138. The van der Waals surface area contributed by atoms with E-state index in [-0.39, 0.29) is 29.2 Å². The SMILES string of the molecule is C=COC(=O)CCCCCOc1ccc2c(c1)C(C)c1cc(SC(=O)c3ccc(OC(=O)C(=C)COC)cc3)ccc1-2. The van der Waals surface area contributed by atoms with Crippen LogP contribution in [0.15, 0.2) is 90.6 Å². The summed E-state index contributed by atoms with van der Waals surface area (Å²) >= 11 is 1.16. The van der Waals surface area contributed by atoms with Crippen LogP contribution >= 0.6 is 11.8 Å². The molecule has 0 bridgehead atoms. The molecule has 4 rings (SSSR count). The van der Waals surface area contributed by atoms with Gasteiger partial charge in [-0.15, -0.1) is 0 Å². The van der Waals surface area contributed by atoms with Gasteiger partial charge in [0.1, 0.15) is 11.5 Å². The summed E-state index contributed by atoms with van der Waals surface area (Å²) in [6.07, 6.45) is 4.01. The van der Waals surface area contributed by atoms with Crippen LogP contribution in [0.3, 0.4) is 0 Å². The summed E-state index contributed by atoms with van der Waals surface area (Å²) in [4.78, 5) is 37.2. The molecular formula is C34H34O7S. The molecule has 1 aliphatic rings. The maximum absolute atomic E-state index is 13.0. The lowest BCUT2D eigenvalue weighted by atomic mass is 9.99. The Morgan fingerprint density at radius 1 is 0.905 bits per heavy atom. The molecule has 0 fully saturated rings. The third-order valence-electron chi connectivity index (χ3n) is 6.90. The van der Waals surface area contributed by atoms with E-state index in [0.717, 1.165) is 53.5 Å². The minimum absolute atomic E-state index is 0.0876. The van der Waals surface area contributed by atoms with Crippen molar-refractivity contribution in [1.29, 1.82) is 0 Å². The Hall–Kier alpha value is -4.14.